The molecule has 3 aromatic rings. The predicted molar refractivity (Wildman–Crippen MR) is 141 cm³/mol. The van der Waals surface area contributed by atoms with Gasteiger partial charge in [0.2, 0.25) is 5.91 Å². The molecule has 5 rings (SSSR count). The number of halogens is 5. The van der Waals surface area contributed by atoms with Crippen molar-refractivity contribution < 1.29 is 27.6 Å². The summed E-state index contributed by atoms with van der Waals surface area (Å²) in [6.07, 6.45) is -4.29. The van der Waals surface area contributed by atoms with Gasteiger partial charge in [0.25, 0.3) is 11.8 Å². The second-order valence-electron chi connectivity index (χ2n) is 9.67. The van der Waals surface area contributed by atoms with Gasteiger partial charge < -0.3 is 15.1 Å². The molecule has 2 aromatic heterocycles. The molecule has 1 N–H and O–H groups in total. The van der Waals surface area contributed by atoms with Crippen LogP contribution in [0.2, 0.25) is 10.0 Å². The van der Waals surface area contributed by atoms with Gasteiger partial charge in [0.1, 0.15) is 16.7 Å². The van der Waals surface area contributed by atoms with Gasteiger partial charge in [0, 0.05) is 36.0 Å². The van der Waals surface area contributed by atoms with E-state index in [0.717, 1.165) is 16.7 Å². The molecule has 212 valence electrons. The minimum atomic E-state index is -4.62. The lowest BCUT2D eigenvalue weighted by Gasteiger charge is -2.37. The van der Waals surface area contributed by atoms with E-state index in [1.54, 1.807) is 17.9 Å². The summed E-state index contributed by atoms with van der Waals surface area (Å²) in [5.41, 5.74) is 0.455. The van der Waals surface area contributed by atoms with Gasteiger partial charge in [-0.05, 0) is 32.0 Å². The van der Waals surface area contributed by atoms with Crippen LogP contribution in [0.15, 0.2) is 23.6 Å². The van der Waals surface area contributed by atoms with Gasteiger partial charge in [-0.1, -0.05) is 23.2 Å². The third-order valence-electron chi connectivity index (χ3n) is 7.18. The van der Waals surface area contributed by atoms with Crippen LogP contribution in [-0.2, 0) is 23.9 Å². The number of amides is 3. The van der Waals surface area contributed by atoms with Crippen molar-refractivity contribution in [2.45, 2.75) is 51.1 Å². The number of fused-ring (bicyclic) bond motifs is 3. The zero-order valence-electron chi connectivity index (χ0n) is 21.4. The van der Waals surface area contributed by atoms with Crippen molar-refractivity contribution in [2.24, 2.45) is 0 Å². The number of hydrogen-bond acceptors (Lipinski definition) is 6. The van der Waals surface area contributed by atoms with Crippen molar-refractivity contribution in [1.82, 2.24) is 29.9 Å². The highest BCUT2D eigenvalue weighted by molar-refractivity contribution is 7.09. The molecule has 0 spiro atoms. The summed E-state index contributed by atoms with van der Waals surface area (Å²) in [5, 5.41) is 8.70. The summed E-state index contributed by atoms with van der Waals surface area (Å²) in [6.45, 7) is 3.34. The van der Waals surface area contributed by atoms with E-state index in [9.17, 15) is 27.6 Å². The average Bonchev–Trinajstić information content (AvgIpc) is 3.54. The molecule has 2 aliphatic rings. The maximum atomic E-state index is 13.9. The summed E-state index contributed by atoms with van der Waals surface area (Å²) in [4.78, 5) is 46.9. The number of carbonyl (C=O) groups excluding carboxylic acids is 3. The van der Waals surface area contributed by atoms with Crippen LogP contribution in [0.4, 0.5) is 13.2 Å². The monoisotopic (exact) mass is 614 g/mol. The Kier molecular flexibility index (Phi) is 7.34. The Balaban J connectivity index is 1.53. The SMILES string of the molecule is CNC(=O)[C@@H]1CN([C@H](C)c2nc(C(F)(F)F)cs2)C(=O)c2c3c(nn21)C[C@@H](C)N(C(=O)c1ccc(Cl)c(Cl)c1)C3. The Morgan fingerprint density at radius 2 is 1.95 bits per heavy atom. The lowest BCUT2D eigenvalue weighted by atomic mass is 9.97. The molecule has 0 fully saturated rings. The molecule has 0 bridgehead atoms. The lowest BCUT2D eigenvalue weighted by molar-refractivity contribution is -0.140. The van der Waals surface area contributed by atoms with E-state index in [-0.39, 0.29) is 40.8 Å². The molecule has 0 radical (unpaired) electrons. The normalized spacial score (nSPS) is 19.8. The molecule has 3 amide bonds. The number of nitrogens with one attached hydrogen (secondary N) is 1. The smallest absolute Gasteiger partial charge is 0.357 e. The molecule has 0 unspecified atom stereocenters. The van der Waals surface area contributed by atoms with E-state index >= 15 is 0 Å². The molecular weight excluding hydrogens is 592 g/mol. The summed E-state index contributed by atoms with van der Waals surface area (Å²) in [6, 6.07) is 2.50. The number of thiazole rings is 1. The zero-order chi connectivity index (χ0) is 29.1. The van der Waals surface area contributed by atoms with Gasteiger partial charge in [-0.15, -0.1) is 11.3 Å². The molecule has 40 heavy (non-hydrogen) atoms. The first kappa shape index (κ1) is 28.4. The van der Waals surface area contributed by atoms with Crippen molar-refractivity contribution in [3.8, 4) is 0 Å². The quantitative estimate of drug-likeness (QED) is 0.457. The van der Waals surface area contributed by atoms with E-state index in [1.807, 2.05) is 6.92 Å². The fourth-order valence-corrected chi connectivity index (χ4v) is 6.19. The number of hydrogen-bond donors (Lipinski definition) is 1. The van der Waals surface area contributed by atoms with Crippen LogP contribution in [-0.4, -0.2) is 61.9 Å². The minimum Gasteiger partial charge on any atom is -0.357 e. The maximum absolute atomic E-state index is 13.9. The third-order valence-corrected chi connectivity index (χ3v) is 8.94. The molecule has 9 nitrogen and oxygen atoms in total. The maximum Gasteiger partial charge on any atom is 0.434 e. The van der Waals surface area contributed by atoms with Crippen molar-refractivity contribution in [3.05, 3.63) is 66.8 Å². The first-order valence-electron chi connectivity index (χ1n) is 12.2. The lowest BCUT2D eigenvalue weighted by Crippen LogP contribution is -2.49. The Bertz CT molecular complexity index is 1520. The summed E-state index contributed by atoms with van der Waals surface area (Å²) >= 11 is 12.9. The minimum absolute atomic E-state index is 0.0365. The number of aromatic nitrogens is 3. The van der Waals surface area contributed by atoms with Crippen LogP contribution in [0, 0.1) is 0 Å². The van der Waals surface area contributed by atoms with Crippen LogP contribution < -0.4 is 5.32 Å². The number of carbonyl (C=O) groups is 3. The summed E-state index contributed by atoms with van der Waals surface area (Å²) in [7, 11) is 1.45. The Hall–Kier alpha value is -3.16. The number of benzene rings is 1. The van der Waals surface area contributed by atoms with Gasteiger partial charge >= 0.3 is 6.18 Å². The topological polar surface area (TPSA) is 100 Å². The van der Waals surface area contributed by atoms with Crippen molar-refractivity contribution in [2.75, 3.05) is 13.6 Å². The van der Waals surface area contributed by atoms with Crippen LogP contribution >= 0.6 is 34.5 Å². The highest BCUT2D eigenvalue weighted by atomic mass is 35.5. The molecular formula is C25H23Cl2F3N6O3S. The molecule has 0 saturated carbocycles. The predicted octanol–water partition coefficient (Wildman–Crippen LogP) is 4.76. The third kappa shape index (κ3) is 4.83. The van der Waals surface area contributed by atoms with Gasteiger partial charge in [-0.2, -0.15) is 18.3 Å². The molecule has 1 aromatic carbocycles. The van der Waals surface area contributed by atoms with Crippen LogP contribution in [0.3, 0.4) is 0 Å². The molecule has 4 heterocycles. The van der Waals surface area contributed by atoms with Gasteiger partial charge in [0.05, 0.1) is 34.9 Å². The number of rotatable bonds is 4. The molecule has 2 aliphatic heterocycles. The van der Waals surface area contributed by atoms with Gasteiger partial charge in [-0.25, -0.2) is 9.67 Å². The zero-order valence-corrected chi connectivity index (χ0v) is 23.8. The van der Waals surface area contributed by atoms with E-state index in [0.29, 0.717) is 28.3 Å². The fourth-order valence-electron chi connectivity index (χ4n) is 5.00. The highest BCUT2D eigenvalue weighted by Crippen LogP contribution is 2.38. The number of likely N-dealkylation sites (N-methyl/N-ethyl adjacent to an activating group) is 1. The van der Waals surface area contributed by atoms with E-state index < -0.39 is 35.8 Å². The van der Waals surface area contributed by atoms with Crippen molar-refractivity contribution in [3.63, 3.8) is 0 Å². The van der Waals surface area contributed by atoms with Gasteiger partial charge in [0.15, 0.2) is 5.69 Å². The van der Waals surface area contributed by atoms with E-state index in [1.165, 1.54) is 28.8 Å². The molecule has 0 aliphatic carbocycles. The van der Waals surface area contributed by atoms with Crippen LogP contribution in [0.5, 0.6) is 0 Å². The largest absolute Gasteiger partial charge is 0.434 e. The Morgan fingerprint density at radius 1 is 1.23 bits per heavy atom. The first-order valence-corrected chi connectivity index (χ1v) is 13.9. The average molecular weight is 615 g/mol. The second kappa shape index (κ2) is 10.3. The Labute approximate surface area is 240 Å². The van der Waals surface area contributed by atoms with Crippen molar-refractivity contribution >= 4 is 52.3 Å². The molecule has 15 heteroatoms. The summed E-state index contributed by atoms with van der Waals surface area (Å²) in [5.74, 6) is -1.25. The molecule has 0 saturated heterocycles. The van der Waals surface area contributed by atoms with Crippen LogP contribution in [0.1, 0.15) is 68.7 Å². The Morgan fingerprint density at radius 3 is 2.58 bits per heavy atom. The second-order valence-corrected chi connectivity index (χ2v) is 11.4. The standard InChI is InChI=1S/C25H23Cl2F3N6O3S/c1-11-6-17-14(8-34(11)23(38)13-4-5-15(26)16(27)7-13)20-24(39)35(9-18(21(37)31-3)36(20)33-17)12(2)22-32-19(10-40-22)25(28,29)30/h4-5,7,10-12,18H,6,8-9H2,1-3H3,(H,31,37)/t11-,12-,18+/m1/s1. The van der Waals surface area contributed by atoms with Crippen LogP contribution in [0.25, 0.3) is 0 Å². The van der Waals surface area contributed by atoms with E-state index in [4.69, 9.17) is 23.2 Å². The van der Waals surface area contributed by atoms with Crippen molar-refractivity contribution in [1.29, 1.82) is 0 Å². The van der Waals surface area contributed by atoms with E-state index in [2.05, 4.69) is 15.4 Å². The molecule has 3 atom stereocenters. The van der Waals surface area contributed by atoms with Gasteiger partial charge in [-0.3, -0.25) is 14.4 Å². The number of alkyl halides is 3. The number of nitrogens with zero attached hydrogens (tertiary/aromatic N) is 5. The summed E-state index contributed by atoms with van der Waals surface area (Å²) < 4.78 is 40.9. The highest BCUT2D eigenvalue weighted by Gasteiger charge is 2.44. The first-order chi connectivity index (χ1) is 18.8. The fraction of sp³-hybridized carbons (Fsp3) is 0.400.